The van der Waals surface area contributed by atoms with Crippen LogP contribution in [0.15, 0.2) is 53.4 Å². The van der Waals surface area contributed by atoms with Gasteiger partial charge in [0.15, 0.2) is 0 Å². The lowest BCUT2D eigenvalue weighted by molar-refractivity contribution is 0.564. The Morgan fingerprint density at radius 3 is 2.75 bits per heavy atom. The van der Waals surface area contributed by atoms with Crippen molar-refractivity contribution in [1.29, 1.82) is 0 Å². The SMILES string of the molecule is CN(C)C=C(Cc1cccc(Cl)c1)c1ccnc(Br)c1. The van der Waals surface area contributed by atoms with Gasteiger partial charge in [0.05, 0.1) is 0 Å². The van der Waals surface area contributed by atoms with E-state index >= 15 is 0 Å². The zero-order valence-electron chi connectivity index (χ0n) is 11.5. The zero-order valence-corrected chi connectivity index (χ0v) is 13.8. The van der Waals surface area contributed by atoms with Crippen molar-refractivity contribution < 1.29 is 0 Å². The van der Waals surface area contributed by atoms with Crippen molar-refractivity contribution in [2.75, 3.05) is 14.1 Å². The van der Waals surface area contributed by atoms with E-state index in [1.54, 1.807) is 6.20 Å². The van der Waals surface area contributed by atoms with E-state index in [1.807, 2.05) is 49.3 Å². The Morgan fingerprint density at radius 2 is 2.10 bits per heavy atom. The van der Waals surface area contributed by atoms with Crippen LogP contribution in [-0.4, -0.2) is 24.0 Å². The third kappa shape index (κ3) is 4.36. The number of aromatic nitrogens is 1. The minimum atomic E-state index is 0.766. The largest absolute Gasteiger partial charge is 0.383 e. The maximum atomic E-state index is 6.06. The van der Waals surface area contributed by atoms with Gasteiger partial charge in [-0.15, -0.1) is 0 Å². The first kappa shape index (κ1) is 15.1. The van der Waals surface area contributed by atoms with Crippen LogP contribution in [0.2, 0.25) is 5.02 Å². The van der Waals surface area contributed by atoms with Gasteiger partial charge in [0.25, 0.3) is 0 Å². The van der Waals surface area contributed by atoms with E-state index in [4.69, 9.17) is 11.6 Å². The van der Waals surface area contributed by atoms with Crippen LogP contribution in [0.1, 0.15) is 11.1 Å². The van der Waals surface area contributed by atoms with Gasteiger partial charge in [0.2, 0.25) is 0 Å². The summed E-state index contributed by atoms with van der Waals surface area (Å²) in [5.74, 6) is 0. The molecule has 0 aliphatic carbocycles. The van der Waals surface area contributed by atoms with Gasteiger partial charge >= 0.3 is 0 Å². The van der Waals surface area contributed by atoms with Crippen LogP contribution in [0.3, 0.4) is 0 Å². The molecular formula is C16H16BrClN2. The maximum Gasteiger partial charge on any atom is 0.106 e. The van der Waals surface area contributed by atoms with Crippen LogP contribution >= 0.6 is 27.5 Å². The predicted octanol–water partition coefficient (Wildman–Crippen LogP) is 4.64. The van der Waals surface area contributed by atoms with Crippen molar-refractivity contribution in [1.82, 2.24) is 9.88 Å². The molecule has 1 aromatic heterocycles. The average Bonchev–Trinajstić information content (AvgIpc) is 2.37. The molecule has 0 saturated carbocycles. The fourth-order valence-corrected chi connectivity index (χ4v) is 2.58. The lowest BCUT2D eigenvalue weighted by Gasteiger charge is -2.13. The monoisotopic (exact) mass is 350 g/mol. The first-order chi connectivity index (χ1) is 9.54. The lowest BCUT2D eigenvalue weighted by Crippen LogP contribution is -2.04. The molecule has 0 aliphatic rings. The summed E-state index contributed by atoms with van der Waals surface area (Å²) in [6.45, 7) is 0. The Bertz CT molecular complexity index is 623. The fraction of sp³-hybridized carbons (Fsp3) is 0.188. The van der Waals surface area contributed by atoms with Crippen LogP contribution in [0.25, 0.3) is 5.57 Å². The number of hydrogen-bond donors (Lipinski definition) is 0. The highest BCUT2D eigenvalue weighted by Crippen LogP contribution is 2.23. The molecule has 0 radical (unpaired) electrons. The summed E-state index contributed by atoms with van der Waals surface area (Å²) in [7, 11) is 4.04. The lowest BCUT2D eigenvalue weighted by atomic mass is 10.00. The summed E-state index contributed by atoms with van der Waals surface area (Å²) in [5.41, 5.74) is 3.57. The van der Waals surface area contributed by atoms with E-state index < -0.39 is 0 Å². The van der Waals surface area contributed by atoms with Crippen molar-refractivity contribution in [2.45, 2.75) is 6.42 Å². The number of pyridine rings is 1. The summed E-state index contributed by atoms with van der Waals surface area (Å²) in [6.07, 6.45) is 4.76. The second kappa shape index (κ2) is 6.91. The van der Waals surface area contributed by atoms with Crippen LogP contribution in [0.4, 0.5) is 0 Å². The molecule has 20 heavy (non-hydrogen) atoms. The van der Waals surface area contributed by atoms with Gasteiger partial charge in [-0.1, -0.05) is 23.7 Å². The smallest absolute Gasteiger partial charge is 0.106 e. The molecule has 2 aromatic rings. The van der Waals surface area contributed by atoms with E-state index in [0.717, 1.165) is 21.6 Å². The molecule has 2 rings (SSSR count). The highest BCUT2D eigenvalue weighted by molar-refractivity contribution is 9.10. The molecule has 1 heterocycles. The summed E-state index contributed by atoms with van der Waals surface area (Å²) >= 11 is 9.48. The number of nitrogens with zero attached hydrogens (tertiary/aromatic N) is 2. The second-order valence-electron chi connectivity index (χ2n) is 4.79. The van der Waals surface area contributed by atoms with Gasteiger partial charge in [-0.25, -0.2) is 4.98 Å². The van der Waals surface area contributed by atoms with Gasteiger partial charge in [-0.05, 0) is 63.3 Å². The Labute approximate surface area is 133 Å². The van der Waals surface area contributed by atoms with Crippen LogP contribution in [0, 0.1) is 0 Å². The van der Waals surface area contributed by atoms with Gasteiger partial charge in [-0.3, -0.25) is 0 Å². The molecule has 0 saturated heterocycles. The number of rotatable bonds is 4. The molecule has 0 amide bonds. The molecule has 0 N–H and O–H groups in total. The van der Waals surface area contributed by atoms with Crippen LogP contribution in [-0.2, 0) is 6.42 Å². The summed E-state index contributed by atoms with van der Waals surface area (Å²) in [4.78, 5) is 6.23. The number of allylic oxidation sites excluding steroid dienone is 1. The highest BCUT2D eigenvalue weighted by Gasteiger charge is 2.06. The van der Waals surface area contributed by atoms with E-state index in [2.05, 4.69) is 33.2 Å². The molecular weight excluding hydrogens is 336 g/mol. The summed E-state index contributed by atoms with van der Waals surface area (Å²) in [5, 5.41) is 0.766. The summed E-state index contributed by atoms with van der Waals surface area (Å²) < 4.78 is 0.839. The molecule has 0 bridgehead atoms. The Balaban J connectivity index is 2.34. The standard InChI is InChI=1S/C16H16BrClN2/c1-20(2)11-14(13-6-7-19-16(17)10-13)8-12-4-3-5-15(18)9-12/h3-7,9-11H,8H2,1-2H3. The van der Waals surface area contributed by atoms with Crippen molar-refractivity contribution in [3.63, 3.8) is 0 Å². The molecule has 104 valence electrons. The Morgan fingerprint density at radius 1 is 1.30 bits per heavy atom. The van der Waals surface area contributed by atoms with E-state index in [9.17, 15) is 0 Å². The average molecular weight is 352 g/mol. The molecule has 0 atom stereocenters. The molecule has 4 heteroatoms. The maximum absolute atomic E-state index is 6.06. The zero-order chi connectivity index (χ0) is 14.5. The molecule has 1 aromatic carbocycles. The fourth-order valence-electron chi connectivity index (χ4n) is 2.00. The van der Waals surface area contributed by atoms with Crippen molar-refractivity contribution >= 4 is 33.1 Å². The number of benzene rings is 1. The Hall–Kier alpha value is -1.32. The third-order valence-corrected chi connectivity index (χ3v) is 3.46. The highest BCUT2D eigenvalue weighted by atomic mass is 79.9. The van der Waals surface area contributed by atoms with Crippen LogP contribution < -0.4 is 0 Å². The molecule has 0 fully saturated rings. The van der Waals surface area contributed by atoms with Gasteiger partial charge < -0.3 is 4.90 Å². The quantitative estimate of drug-likeness (QED) is 0.746. The molecule has 0 unspecified atom stereocenters. The van der Waals surface area contributed by atoms with Gasteiger partial charge in [0, 0.05) is 31.5 Å². The van der Waals surface area contributed by atoms with E-state index in [0.29, 0.717) is 0 Å². The first-order valence-electron chi connectivity index (χ1n) is 6.28. The van der Waals surface area contributed by atoms with Crippen molar-refractivity contribution in [3.8, 4) is 0 Å². The minimum absolute atomic E-state index is 0.766. The topological polar surface area (TPSA) is 16.1 Å². The first-order valence-corrected chi connectivity index (χ1v) is 7.45. The minimum Gasteiger partial charge on any atom is -0.383 e. The second-order valence-corrected chi connectivity index (χ2v) is 6.04. The molecule has 0 aliphatic heterocycles. The molecule has 0 spiro atoms. The molecule has 2 nitrogen and oxygen atoms in total. The van der Waals surface area contributed by atoms with Crippen molar-refractivity contribution in [2.24, 2.45) is 0 Å². The predicted molar refractivity (Wildman–Crippen MR) is 88.8 cm³/mol. The van der Waals surface area contributed by atoms with Gasteiger partial charge in [0.1, 0.15) is 4.60 Å². The van der Waals surface area contributed by atoms with Gasteiger partial charge in [-0.2, -0.15) is 0 Å². The Kier molecular flexibility index (Phi) is 5.21. The normalized spacial score (nSPS) is 11.5. The number of hydrogen-bond acceptors (Lipinski definition) is 2. The van der Waals surface area contributed by atoms with E-state index in [1.165, 1.54) is 11.1 Å². The van der Waals surface area contributed by atoms with Crippen molar-refractivity contribution in [3.05, 3.63) is 69.5 Å². The van der Waals surface area contributed by atoms with E-state index in [-0.39, 0.29) is 0 Å². The number of halogens is 2. The van der Waals surface area contributed by atoms with Crippen LogP contribution in [0.5, 0.6) is 0 Å². The third-order valence-electron chi connectivity index (χ3n) is 2.79. The summed E-state index contributed by atoms with van der Waals surface area (Å²) in [6, 6.07) is 12.0.